The van der Waals surface area contributed by atoms with Crippen LogP contribution >= 0.6 is 11.3 Å². The Balaban J connectivity index is 1.47. The molecule has 3 aromatic rings. The van der Waals surface area contributed by atoms with Crippen LogP contribution in [-0.2, 0) is 6.42 Å². The highest BCUT2D eigenvalue weighted by molar-refractivity contribution is 7.16. The average Bonchev–Trinajstić information content (AvgIpc) is 3.01. The molecule has 0 aliphatic rings. The zero-order valence-corrected chi connectivity index (χ0v) is 11.2. The van der Waals surface area contributed by atoms with Crippen LogP contribution in [0, 0.1) is 0 Å². The average molecular weight is 289 g/mol. The summed E-state index contributed by atoms with van der Waals surface area (Å²) in [5.41, 5.74) is 0. The van der Waals surface area contributed by atoms with Crippen molar-refractivity contribution < 1.29 is 9.53 Å². The van der Waals surface area contributed by atoms with E-state index >= 15 is 0 Å². The lowest BCUT2D eigenvalue weighted by molar-refractivity contribution is 0.200. The van der Waals surface area contributed by atoms with E-state index in [2.05, 4.69) is 20.6 Å². The quantitative estimate of drug-likeness (QED) is 0.787. The van der Waals surface area contributed by atoms with Crippen LogP contribution in [0.3, 0.4) is 0 Å². The Morgan fingerprint density at radius 1 is 1.35 bits per heavy atom. The molecular weight excluding hydrogens is 278 g/mol. The van der Waals surface area contributed by atoms with Crippen LogP contribution in [0.5, 0.6) is 5.75 Å². The summed E-state index contributed by atoms with van der Waals surface area (Å²) in [6.07, 6.45) is 1.70. The van der Waals surface area contributed by atoms with E-state index in [9.17, 15) is 4.79 Å². The number of hydrogen-bond acceptors (Lipinski definition) is 6. The van der Waals surface area contributed by atoms with Gasteiger partial charge < -0.3 is 10.1 Å². The van der Waals surface area contributed by atoms with E-state index in [4.69, 9.17) is 4.74 Å². The largest absolute Gasteiger partial charge is 0.412 e. The molecule has 0 atom stereocenters. The molecule has 0 radical (unpaired) electrons. The van der Waals surface area contributed by atoms with E-state index in [-0.39, 0.29) is 0 Å². The number of nitrogens with zero attached hydrogens (tertiary/aromatic N) is 4. The van der Waals surface area contributed by atoms with Crippen molar-refractivity contribution in [2.24, 2.45) is 0 Å². The van der Waals surface area contributed by atoms with Crippen LogP contribution in [0.15, 0.2) is 36.7 Å². The Kier molecular flexibility index (Phi) is 3.55. The molecule has 0 saturated carbocycles. The fourth-order valence-electron chi connectivity index (χ4n) is 1.61. The summed E-state index contributed by atoms with van der Waals surface area (Å²) < 4.78 is 6.72. The molecule has 0 aliphatic carbocycles. The third kappa shape index (κ3) is 2.91. The van der Waals surface area contributed by atoms with Crippen molar-refractivity contribution >= 4 is 22.4 Å². The van der Waals surface area contributed by atoms with Gasteiger partial charge in [0.2, 0.25) is 4.96 Å². The predicted molar refractivity (Wildman–Crippen MR) is 72.8 cm³/mol. The molecule has 0 unspecified atom stereocenters. The highest BCUT2D eigenvalue weighted by Crippen LogP contribution is 2.11. The van der Waals surface area contributed by atoms with Gasteiger partial charge in [-0.1, -0.05) is 29.5 Å². The first kappa shape index (κ1) is 12.5. The smallest absolute Gasteiger partial charge is 0.410 e. The summed E-state index contributed by atoms with van der Waals surface area (Å²) in [6, 6.07) is 8.92. The lowest BCUT2D eigenvalue weighted by atomic mass is 10.3. The van der Waals surface area contributed by atoms with Gasteiger partial charge in [0.05, 0.1) is 0 Å². The molecule has 3 rings (SSSR count). The Morgan fingerprint density at radius 2 is 2.20 bits per heavy atom. The standard InChI is InChI=1S/C12H11N5O2S/c18-12(19-9-4-2-1-3-5-9)13-7-6-10-16-17-8-14-15-11(17)20-10/h1-5,8H,6-7H2,(H,13,18). The molecule has 1 amide bonds. The Morgan fingerprint density at radius 3 is 3.00 bits per heavy atom. The molecule has 102 valence electrons. The zero-order valence-electron chi connectivity index (χ0n) is 10.4. The first-order valence-corrected chi connectivity index (χ1v) is 6.79. The molecular formula is C12H11N5O2S. The summed E-state index contributed by atoms with van der Waals surface area (Å²) in [5, 5.41) is 15.5. The maximum atomic E-state index is 11.5. The predicted octanol–water partition coefficient (Wildman–Crippen LogP) is 1.52. The van der Waals surface area contributed by atoms with Crippen LogP contribution in [0.4, 0.5) is 4.79 Å². The molecule has 1 N–H and O–H groups in total. The molecule has 0 fully saturated rings. The van der Waals surface area contributed by atoms with Crippen LogP contribution < -0.4 is 10.1 Å². The number of nitrogens with one attached hydrogen (secondary N) is 1. The van der Waals surface area contributed by atoms with Gasteiger partial charge in [-0.25, -0.2) is 4.79 Å². The van der Waals surface area contributed by atoms with Crippen LogP contribution in [-0.4, -0.2) is 32.4 Å². The minimum atomic E-state index is -0.473. The molecule has 7 nitrogen and oxygen atoms in total. The summed E-state index contributed by atoms with van der Waals surface area (Å²) in [6.45, 7) is 0.454. The second kappa shape index (κ2) is 5.66. The Bertz CT molecular complexity index is 680. The van der Waals surface area contributed by atoms with E-state index in [0.717, 1.165) is 9.97 Å². The van der Waals surface area contributed by atoms with Crippen LogP contribution in [0.1, 0.15) is 5.01 Å². The van der Waals surface area contributed by atoms with Crippen molar-refractivity contribution in [1.82, 2.24) is 25.1 Å². The SMILES string of the molecule is O=C(NCCc1nn2cnnc2s1)Oc1ccccc1. The van der Waals surface area contributed by atoms with Crippen molar-refractivity contribution in [3.63, 3.8) is 0 Å². The van der Waals surface area contributed by atoms with Gasteiger partial charge in [-0.3, -0.25) is 0 Å². The van der Waals surface area contributed by atoms with Crippen molar-refractivity contribution in [3.05, 3.63) is 41.7 Å². The van der Waals surface area contributed by atoms with E-state index in [1.807, 2.05) is 18.2 Å². The Hall–Kier alpha value is -2.48. The van der Waals surface area contributed by atoms with Gasteiger partial charge in [0.25, 0.3) is 0 Å². The second-order valence-corrected chi connectivity index (χ2v) is 4.97. The van der Waals surface area contributed by atoms with E-state index < -0.39 is 6.09 Å². The zero-order chi connectivity index (χ0) is 13.8. The highest BCUT2D eigenvalue weighted by Gasteiger charge is 2.07. The lowest BCUT2D eigenvalue weighted by Crippen LogP contribution is -2.28. The first-order valence-electron chi connectivity index (χ1n) is 5.98. The summed E-state index contributed by atoms with van der Waals surface area (Å²) in [4.78, 5) is 12.3. The highest BCUT2D eigenvalue weighted by atomic mass is 32.1. The number of fused-ring (bicyclic) bond motifs is 1. The van der Waals surface area contributed by atoms with Crippen molar-refractivity contribution in [2.45, 2.75) is 6.42 Å². The number of benzene rings is 1. The summed E-state index contributed by atoms with van der Waals surface area (Å²) in [7, 11) is 0. The molecule has 20 heavy (non-hydrogen) atoms. The van der Waals surface area contributed by atoms with Crippen molar-refractivity contribution in [1.29, 1.82) is 0 Å². The number of carbonyl (C=O) groups is 1. The Labute approximate surface area is 118 Å². The second-order valence-electron chi connectivity index (χ2n) is 3.93. The number of amides is 1. The molecule has 0 spiro atoms. The van der Waals surface area contributed by atoms with Gasteiger partial charge in [0, 0.05) is 13.0 Å². The fraction of sp³-hybridized carbons (Fsp3) is 0.167. The third-order valence-corrected chi connectivity index (χ3v) is 3.46. The molecule has 1 aromatic carbocycles. The number of para-hydroxylation sites is 1. The van der Waals surface area contributed by atoms with E-state index in [1.54, 1.807) is 23.0 Å². The number of hydrogen-bond donors (Lipinski definition) is 1. The molecule has 2 heterocycles. The molecule has 0 bridgehead atoms. The molecule has 2 aromatic heterocycles. The summed E-state index contributed by atoms with van der Waals surface area (Å²) in [5.74, 6) is 0.517. The van der Waals surface area contributed by atoms with Crippen molar-refractivity contribution in [3.8, 4) is 5.75 Å². The maximum absolute atomic E-state index is 11.5. The third-order valence-electron chi connectivity index (χ3n) is 2.49. The van der Waals surface area contributed by atoms with Crippen LogP contribution in [0.2, 0.25) is 0 Å². The topological polar surface area (TPSA) is 81.4 Å². The first-order chi connectivity index (χ1) is 9.81. The number of ether oxygens (including phenoxy) is 1. The van der Waals surface area contributed by atoms with Crippen molar-refractivity contribution in [2.75, 3.05) is 6.54 Å². The normalized spacial score (nSPS) is 10.6. The fourth-order valence-corrected chi connectivity index (χ4v) is 2.42. The minimum absolute atomic E-state index is 0.454. The number of carbonyl (C=O) groups excluding carboxylic acids is 1. The van der Waals surface area contributed by atoms with Gasteiger partial charge >= 0.3 is 6.09 Å². The minimum Gasteiger partial charge on any atom is -0.410 e. The van der Waals surface area contributed by atoms with Gasteiger partial charge in [-0.05, 0) is 12.1 Å². The van der Waals surface area contributed by atoms with Gasteiger partial charge in [0.15, 0.2) is 0 Å². The van der Waals surface area contributed by atoms with E-state index in [1.165, 1.54) is 11.3 Å². The number of rotatable bonds is 4. The van der Waals surface area contributed by atoms with Crippen LogP contribution in [0.25, 0.3) is 4.96 Å². The number of aromatic nitrogens is 4. The lowest BCUT2D eigenvalue weighted by Gasteiger charge is -2.05. The monoisotopic (exact) mass is 289 g/mol. The molecule has 0 aliphatic heterocycles. The maximum Gasteiger partial charge on any atom is 0.412 e. The van der Waals surface area contributed by atoms with Gasteiger partial charge in [-0.15, -0.1) is 10.2 Å². The van der Waals surface area contributed by atoms with E-state index in [0.29, 0.717) is 18.7 Å². The molecule has 0 saturated heterocycles. The molecule has 8 heteroatoms. The van der Waals surface area contributed by atoms with Gasteiger partial charge in [-0.2, -0.15) is 9.61 Å². The van der Waals surface area contributed by atoms with Gasteiger partial charge in [0.1, 0.15) is 17.1 Å². The summed E-state index contributed by atoms with van der Waals surface area (Å²) >= 11 is 1.45.